The van der Waals surface area contributed by atoms with E-state index >= 15 is 0 Å². The molecule has 2 amide bonds. The minimum atomic E-state index is -0.586. The second-order valence-electron chi connectivity index (χ2n) is 8.61. The van der Waals surface area contributed by atoms with Crippen LogP contribution in [0.2, 0.25) is 0 Å². The minimum absolute atomic E-state index is 0.0414. The molecule has 1 unspecified atom stereocenters. The molecule has 0 aromatic carbocycles. The van der Waals surface area contributed by atoms with Crippen LogP contribution in [0.25, 0.3) is 0 Å². The SMILES string of the molecule is CC(=O)C1CN(C)C(=O)c2c3c(nn2C1)C[C@@H](C)N(C(=O)OC(C)(C)C)C3. The molecule has 2 aliphatic heterocycles. The Balaban J connectivity index is 1.96. The number of hydrogen-bond donors (Lipinski definition) is 0. The van der Waals surface area contributed by atoms with Crippen LogP contribution in [0, 0.1) is 5.92 Å². The van der Waals surface area contributed by atoms with Crippen molar-refractivity contribution in [2.75, 3.05) is 13.6 Å². The molecule has 0 saturated heterocycles. The first kappa shape index (κ1) is 19.4. The maximum Gasteiger partial charge on any atom is 0.410 e. The van der Waals surface area contributed by atoms with Crippen molar-refractivity contribution in [2.45, 2.75) is 65.8 Å². The van der Waals surface area contributed by atoms with Crippen LogP contribution < -0.4 is 0 Å². The van der Waals surface area contributed by atoms with Gasteiger partial charge in [-0.1, -0.05) is 0 Å². The van der Waals surface area contributed by atoms with E-state index in [1.165, 1.54) is 0 Å². The molecule has 0 bridgehead atoms. The molecule has 0 spiro atoms. The van der Waals surface area contributed by atoms with Gasteiger partial charge in [-0.2, -0.15) is 5.10 Å². The molecule has 0 N–H and O–H groups in total. The van der Waals surface area contributed by atoms with Gasteiger partial charge in [0.05, 0.1) is 24.7 Å². The first-order chi connectivity index (χ1) is 12.5. The van der Waals surface area contributed by atoms with Gasteiger partial charge in [0.25, 0.3) is 5.91 Å². The number of fused-ring (bicyclic) bond motifs is 3. The fourth-order valence-electron chi connectivity index (χ4n) is 3.65. The molecule has 0 fully saturated rings. The van der Waals surface area contributed by atoms with Gasteiger partial charge in [-0.05, 0) is 34.6 Å². The van der Waals surface area contributed by atoms with Crippen LogP contribution in [-0.4, -0.2) is 62.6 Å². The molecular weight excluding hydrogens is 348 g/mol. The fourth-order valence-corrected chi connectivity index (χ4v) is 3.65. The van der Waals surface area contributed by atoms with E-state index < -0.39 is 11.7 Å². The molecule has 2 atom stereocenters. The van der Waals surface area contributed by atoms with Crippen molar-refractivity contribution in [2.24, 2.45) is 5.92 Å². The molecule has 148 valence electrons. The lowest BCUT2D eigenvalue weighted by Crippen LogP contribution is -2.45. The number of carbonyl (C=O) groups excluding carboxylic acids is 3. The third-order valence-electron chi connectivity index (χ3n) is 5.12. The van der Waals surface area contributed by atoms with Crippen LogP contribution in [0.5, 0.6) is 0 Å². The Morgan fingerprint density at radius 2 is 1.89 bits per heavy atom. The number of hydrogen-bond acceptors (Lipinski definition) is 5. The first-order valence-corrected chi connectivity index (χ1v) is 9.32. The summed E-state index contributed by atoms with van der Waals surface area (Å²) in [4.78, 5) is 40.7. The molecule has 0 aliphatic carbocycles. The van der Waals surface area contributed by atoms with Crippen LogP contribution in [0.4, 0.5) is 4.79 Å². The fraction of sp³-hybridized carbons (Fsp3) is 0.684. The normalized spacial score (nSPS) is 22.8. The topological polar surface area (TPSA) is 84.7 Å². The standard InChI is InChI=1S/C19H28N4O4/c1-11-7-15-14(10-22(11)18(26)27-19(3,4)5)16-17(25)21(6)8-13(12(2)24)9-23(16)20-15/h11,13H,7-10H2,1-6H3/t11-,13?/m1/s1. The zero-order valence-corrected chi connectivity index (χ0v) is 16.9. The highest BCUT2D eigenvalue weighted by atomic mass is 16.6. The lowest BCUT2D eigenvalue weighted by molar-refractivity contribution is -0.121. The summed E-state index contributed by atoms with van der Waals surface area (Å²) >= 11 is 0. The molecule has 2 aliphatic rings. The van der Waals surface area contributed by atoms with Gasteiger partial charge in [0, 0.05) is 31.6 Å². The smallest absolute Gasteiger partial charge is 0.410 e. The molecule has 1 aromatic rings. The zero-order chi connectivity index (χ0) is 20.1. The Kier molecular flexibility index (Phi) is 4.78. The van der Waals surface area contributed by atoms with Gasteiger partial charge in [-0.15, -0.1) is 0 Å². The van der Waals surface area contributed by atoms with Crippen molar-refractivity contribution >= 4 is 17.8 Å². The van der Waals surface area contributed by atoms with Gasteiger partial charge in [0.2, 0.25) is 0 Å². The lowest BCUT2D eigenvalue weighted by Gasteiger charge is -2.34. The van der Waals surface area contributed by atoms with Gasteiger partial charge < -0.3 is 14.5 Å². The third kappa shape index (κ3) is 3.70. The number of carbonyl (C=O) groups is 3. The van der Waals surface area contributed by atoms with Crippen molar-refractivity contribution in [1.29, 1.82) is 0 Å². The van der Waals surface area contributed by atoms with Crippen molar-refractivity contribution in [3.63, 3.8) is 0 Å². The van der Waals surface area contributed by atoms with Crippen molar-refractivity contribution < 1.29 is 19.1 Å². The molecular formula is C19H28N4O4. The molecule has 3 heterocycles. The van der Waals surface area contributed by atoms with E-state index in [1.807, 2.05) is 27.7 Å². The Hall–Kier alpha value is -2.38. The van der Waals surface area contributed by atoms with Crippen LogP contribution in [0.1, 0.15) is 56.4 Å². The summed E-state index contributed by atoms with van der Waals surface area (Å²) in [5.74, 6) is -0.396. The molecule has 0 saturated carbocycles. The number of Topliss-reactive ketones (excluding diaryl/α,β-unsaturated/α-hetero) is 1. The monoisotopic (exact) mass is 376 g/mol. The van der Waals surface area contributed by atoms with Gasteiger partial charge in [-0.25, -0.2) is 4.79 Å². The molecule has 1 aromatic heterocycles. The van der Waals surface area contributed by atoms with E-state index in [1.54, 1.807) is 28.5 Å². The second-order valence-corrected chi connectivity index (χ2v) is 8.61. The molecule has 27 heavy (non-hydrogen) atoms. The molecule has 0 radical (unpaired) electrons. The third-order valence-corrected chi connectivity index (χ3v) is 5.12. The summed E-state index contributed by atoms with van der Waals surface area (Å²) in [6.45, 7) is 10.0. The summed E-state index contributed by atoms with van der Waals surface area (Å²) in [7, 11) is 1.70. The van der Waals surface area contributed by atoms with Crippen molar-refractivity contribution in [3.05, 3.63) is 17.0 Å². The zero-order valence-electron chi connectivity index (χ0n) is 16.9. The van der Waals surface area contributed by atoms with Crippen LogP contribution in [0.15, 0.2) is 0 Å². The predicted molar refractivity (Wildman–Crippen MR) is 98.3 cm³/mol. The van der Waals surface area contributed by atoms with E-state index in [4.69, 9.17) is 4.74 Å². The second kappa shape index (κ2) is 6.65. The Labute approximate surface area is 159 Å². The van der Waals surface area contributed by atoms with Crippen molar-refractivity contribution in [1.82, 2.24) is 19.6 Å². The number of amides is 2. The highest BCUT2D eigenvalue weighted by Gasteiger charge is 2.38. The predicted octanol–water partition coefficient (Wildman–Crippen LogP) is 1.86. The lowest BCUT2D eigenvalue weighted by atomic mass is 9.99. The number of ether oxygens (including phenoxy) is 1. The molecule has 8 nitrogen and oxygen atoms in total. The number of nitrogens with zero attached hydrogens (tertiary/aromatic N) is 4. The first-order valence-electron chi connectivity index (χ1n) is 9.32. The number of aromatic nitrogens is 2. The van der Waals surface area contributed by atoms with Gasteiger partial charge in [0.1, 0.15) is 17.1 Å². The Morgan fingerprint density at radius 1 is 1.22 bits per heavy atom. The van der Waals surface area contributed by atoms with E-state index in [2.05, 4.69) is 5.10 Å². The maximum atomic E-state index is 12.9. The average Bonchev–Trinajstić information content (AvgIpc) is 2.81. The van der Waals surface area contributed by atoms with Crippen LogP contribution in [-0.2, 0) is 29.0 Å². The van der Waals surface area contributed by atoms with Gasteiger partial charge >= 0.3 is 6.09 Å². The van der Waals surface area contributed by atoms with Gasteiger partial charge in [0.15, 0.2) is 0 Å². The van der Waals surface area contributed by atoms with E-state index in [-0.39, 0.29) is 30.2 Å². The van der Waals surface area contributed by atoms with Crippen LogP contribution in [0.3, 0.4) is 0 Å². The summed E-state index contributed by atoms with van der Waals surface area (Å²) in [5, 5.41) is 4.63. The maximum absolute atomic E-state index is 12.9. The van der Waals surface area contributed by atoms with E-state index in [0.29, 0.717) is 25.2 Å². The summed E-state index contributed by atoms with van der Waals surface area (Å²) in [5.41, 5.74) is 1.48. The highest BCUT2D eigenvalue weighted by molar-refractivity contribution is 5.95. The molecule has 3 rings (SSSR count). The summed E-state index contributed by atoms with van der Waals surface area (Å²) in [6, 6.07) is -0.0806. The average molecular weight is 376 g/mol. The quantitative estimate of drug-likeness (QED) is 0.747. The highest BCUT2D eigenvalue weighted by Crippen LogP contribution is 2.30. The van der Waals surface area contributed by atoms with E-state index in [9.17, 15) is 14.4 Å². The Bertz CT molecular complexity index is 792. The number of rotatable bonds is 1. The minimum Gasteiger partial charge on any atom is -0.444 e. The van der Waals surface area contributed by atoms with Crippen molar-refractivity contribution in [3.8, 4) is 0 Å². The Morgan fingerprint density at radius 3 is 2.48 bits per heavy atom. The summed E-state index contributed by atoms with van der Waals surface area (Å²) in [6.07, 6.45) is 0.160. The largest absolute Gasteiger partial charge is 0.444 e. The molecule has 8 heteroatoms. The summed E-state index contributed by atoms with van der Waals surface area (Å²) < 4.78 is 7.18. The van der Waals surface area contributed by atoms with E-state index in [0.717, 1.165) is 11.3 Å². The van der Waals surface area contributed by atoms with Crippen LogP contribution >= 0.6 is 0 Å². The number of ketones is 1. The van der Waals surface area contributed by atoms with Gasteiger partial charge in [-0.3, -0.25) is 14.3 Å².